The molecule has 0 aliphatic rings. The topological polar surface area (TPSA) is 136 Å². The summed E-state index contributed by atoms with van der Waals surface area (Å²) < 4.78 is 30.9. The highest BCUT2D eigenvalue weighted by Gasteiger charge is 2.12. The molecule has 27 heavy (non-hydrogen) atoms. The third-order valence-corrected chi connectivity index (χ3v) is 4.30. The lowest BCUT2D eigenvalue weighted by Crippen LogP contribution is -2.14. The van der Waals surface area contributed by atoms with E-state index in [1.807, 2.05) is 0 Å². The second kappa shape index (κ2) is 8.27. The van der Waals surface area contributed by atoms with E-state index in [2.05, 4.69) is 10.6 Å². The van der Waals surface area contributed by atoms with Gasteiger partial charge in [-0.25, -0.2) is 0 Å². The highest BCUT2D eigenvalue weighted by atomic mass is 32.2. The highest BCUT2D eigenvalue weighted by Crippen LogP contribution is 2.15. The van der Waals surface area contributed by atoms with Crippen LogP contribution in [0.2, 0.25) is 0 Å². The van der Waals surface area contributed by atoms with Crippen LogP contribution < -0.4 is 10.6 Å². The smallest absolute Gasteiger partial charge is 0.294 e. The van der Waals surface area contributed by atoms with Crippen LogP contribution in [0.25, 0.3) is 0 Å². The zero-order chi connectivity index (χ0) is 20.0. The maximum Gasteiger partial charge on any atom is 0.294 e. The molecule has 0 saturated heterocycles. The summed E-state index contributed by atoms with van der Waals surface area (Å²) in [6, 6.07) is 13.1. The van der Waals surface area contributed by atoms with Crippen molar-refractivity contribution in [1.82, 2.24) is 0 Å². The molecule has 0 atom stereocenters. The SMILES string of the molecule is CC(=O)c1cccc(N/C=C(/C#N)C(=O)Nc2ccc(S(=O)(=O)O)cc2)c1. The van der Waals surface area contributed by atoms with Crippen LogP contribution in [-0.4, -0.2) is 24.7 Å². The average Bonchev–Trinajstić information content (AvgIpc) is 2.62. The maximum atomic E-state index is 12.2. The molecule has 0 radical (unpaired) electrons. The number of amides is 1. The zero-order valence-electron chi connectivity index (χ0n) is 14.1. The molecule has 0 aliphatic heterocycles. The number of anilines is 2. The Morgan fingerprint density at radius 3 is 2.33 bits per heavy atom. The molecule has 0 aromatic heterocycles. The van der Waals surface area contributed by atoms with Gasteiger partial charge in [-0.3, -0.25) is 14.1 Å². The Kier molecular flexibility index (Phi) is 6.07. The molecule has 0 fully saturated rings. The van der Waals surface area contributed by atoms with Crippen LogP contribution in [0.1, 0.15) is 17.3 Å². The van der Waals surface area contributed by atoms with Crippen LogP contribution in [-0.2, 0) is 14.9 Å². The molecule has 3 N–H and O–H groups in total. The highest BCUT2D eigenvalue weighted by molar-refractivity contribution is 7.85. The summed E-state index contributed by atoms with van der Waals surface area (Å²) in [7, 11) is -4.33. The van der Waals surface area contributed by atoms with E-state index >= 15 is 0 Å². The number of ketones is 1. The Morgan fingerprint density at radius 1 is 1.11 bits per heavy atom. The van der Waals surface area contributed by atoms with Gasteiger partial charge in [0.1, 0.15) is 11.6 Å². The lowest BCUT2D eigenvalue weighted by Gasteiger charge is -2.06. The lowest BCUT2D eigenvalue weighted by molar-refractivity contribution is -0.112. The first kappa shape index (κ1) is 19.8. The van der Waals surface area contributed by atoms with Crippen molar-refractivity contribution in [1.29, 1.82) is 5.26 Å². The Balaban J connectivity index is 2.11. The van der Waals surface area contributed by atoms with E-state index in [-0.39, 0.29) is 21.9 Å². The first-order valence-corrected chi connectivity index (χ1v) is 9.01. The first-order chi connectivity index (χ1) is 12.7. The van der Waals surface area contributed by atoms with Gasteiger partial charge in [0.25, 0.3) is 16.0 Å². The number of carbonyl (C=O) groups is 2. The summed E-state index contributed by atoms with van der Waals surface area (Å²) in [6.45, 7) is 1.43. The van der Waals surface area contributed by atoms with Gasteiger partial charge in [0.05, 0.1) is 4.90 Å². The second-order valence-electron chi connectivity index (χ2n) is 5.40. The fourth-order valence-electron chi connectivity index (χ4n) is 2.04. The van der Waals surface area contributed by atoms with Crippen LogP contribution in [0, 0.1) is 11.3 Å². The van der Waals surface area contributed by atoms with Crippen molar-refractivity contribution >= 4 is 33.2 Å². The Morgan fingerprint density at radius 2 is 1.78 bits per heavy atom. The Bertz CT molecular complexity index is 1050. The minimum Gasteiger partial charge on any atom is -0.360 e. The van der Waals surface area contributed by atoms with Gasteiger partial charge in [0, 0.05) is 23.1 Å². The minimum atomic E-state index is -4.33. The molecule has 0 aliphatic carbocycles. The van der Waals surface area contributed by atoms with Crippen LogP contribution >= 0.6 is 0 Å². The van der Waals surface area contributed by atoms with Crippen molar-refractivity contribution in [2.75, 3.05) is 10.6 Å². The predicted octanol–water partition coefficient (Wildman–Crippen LogP) is 2.59. The molecule has 2 aromatic carbocycles. The van der Waals surface area contributed by atoms with E-state index in [0.29, 0.717) is 11.3 Å². The molecule has 0 bridgehead atoms. The summed E-state index contributed by atoms with van der Waals surface area (Å²) in [5.41, 5.74) is 1.02. The van der Waals surface area contributed by atoms with E-state index < -0.39 is 16.0 Å². The summed E-state index contributed by atoms with van der Waals surface area (Å²) in [4.78, 5) is 23.2. The molecule has 138 valence electrons. The fourth-order valence-corrected chi connectivity index (χ4v) is 2.52. The largest absolute Gasteiger partial charge is 0.360 e. The van der Waals surface area contributed by atoms with Gasteiger partial charge in [-0.1, -0.05) is 12.1 Å². The predicted molar refractivity (Wildman–Crippen MR) is 98.7 cm³/mol. The standard InChI is InChI=1S/C18H15N3O5S/c1-12(22)13-3-2-4-16(9-13)20-11-14(10-19)18(23)21-15-5-7-17(8-6-15)27(24,25)26/h2-9,11,20H,1H3,(H,21,23)(H,24,25,26)/b14-11-. The van der Waals surface area contributed by atoms with E-state index in [1.54, 1.807) is 30.3 Å². The number of benzene rings is 2. The first-order valence-electron chi connectivity index (χ1n) is 7.57. The van der Waals surface area contributed by atoms with E-state index in [0.717, 1.165) is 12.1 Å². The van der Waals surface area contributed by atoms with Crippen molar-refractivity contribution in [3.05, 3.63) is 65.9 Å². The maximum absolute atomic E-state index is 12.2. The molecular formula is C18H15N3O5S. The molecule has 0 heterocycles. The van der Waals surface area contributed by atoms with Crippen LogP contribution in [0.15, 0.2) is 65.2 Å². The van der Waals surface area contributed by atoms with Gasteiger partial charge in [-0.05, 0) is 43.3 Å². The van der Waals surface area contributed by atoms with E-state index in [4.69, 9.17) is 9.81 Å². The Labute approximate surface area is 155 Å². The Hall–Kier alpha value is -3.48. The summed E-state index contributed by atoms with van der Waals surface area (Å²) in [6.07, 6.45) is 1.20. The van der Waals surface area contributed by atoms with Crippen molar-refractivity contribution in [2.24, 2.45) is 0 Å². The molecular weight excluding hydrogens is 370 g/mol. The van der Waals surface area contributed by atoms with Crippen LogP contribution in [0.3, 0.4) is 0 Å². The number of nitrogens with one attached hydrogen (secondary N) is 2. The molecule has 0 unspecified atom stereocenters. The normalized spacial score (nSPS) is 11.4. The summed E-state index contributed by atoms with van der Waals surface area (Å²) >= 11 is 0. The van der Waals surface area contributed by atoms with Gasteiger partial charge < -0.3 is 10.6 Å². The molecule has 2 rings (SSSR count). The second-order valence-corrected chi connectivity index (χ2v) is 6.83. The van der Waals surface area contributed by atoms with E-state index in [1.165, 1.54) is 25.3 Å². The van der Waals surface area contributed by atoms with Crippen molar-refractivity contribution in [3.8, 4) is 6.07 Å². The molecule has 0 spiro atoms. The van der Waals surface area contributed by atoms with Crippen LogP contribution in [0.5, 0.6) is 0 Å². The quantitative estimate of drug-likeness (QED) is 0.301. The number of carbonyl (C=O) groups excluding carboxylic acids is 2. The number of rotatable bonds is 6. The average molecular weight is 385 g/mol. The van der Waals surface area contributed by atoms with Crippen molar-refractivity contribution in [3.63, 3.8) is 0 Å². The van der Waals surface area contributed by atoms with Crippen LogP contribution in [0.4, 0.5) is 11.4 Å². The molecule has 8 nitrogen and oxygen atoms in total. The van der Waals surface area contributed by atoms with Crippen molar-refractivity contribution in [2.45, 2.75) is 11.8 Å². The minimum absolute atomic E-state index is 0.116. The van der Waals surface area contributed by atoms with Gasteiger partial charge in [-0.2, -0.15) is 13.7 Å². The van der Waals surface area contributed by atoms with Gasteiger partial charge in [-0.15, -0.1) is 0 Å². The zero-order valence-corrected chi connectivity index (χ0v) is 14.9. The molecule has 9 heteroatoms. The molecule has 2 aromatic rings. The molecule has 0 saturated carbocycles. The third-order valence-electron chi connectivity index (χ3n) is 3.43. The van der Waals surface area contributed by atoms with Gasteiger partial charge >= 0.3 is 0 Å². The number of nitriles is 1. The van der Waals surface area contributed by atoms with Gasteiger partial charge in [0.15, 0.2) is 5.78 Å². The number of Topliss-reactive ketones (excluding diaryl/α,β-unsaturated/α-hetero) is 1. The van der Waals surface area contributed by atoms with Gasteiger partial charge in [0.2, 0.25) is 0 Å². The summed E-state index contributed by atoms with van der Waals surface area (Å²) in [5.74, 6) is -0.832. The number of hydrogen-bond acceptors (Lipinski definition) is 6. The number of hydrogen-bond donors (Lipinski definition) is 3. The summed E-state index contributed by atoms with van der Waals surface area (Å²) in [5, 5.41) is 14.4. The van der Waals surface area contributed by atoms with Crippen molar-refractivity contribution < 1.29 is 22.6 Å². The lowest BCUT2D eigenvalue weighted by atomic mass is 10.1. The fraction of sp³-hybridized carbons (Fsp3) is 0.0556. The third kappa shape index (κ3) is 5.50. The van der Waals surface area contributed by atoms with E-state index in [9.17, 15) is 18.0 Å². The number of nitrogens with zero attached hydrogens (tertiary/aromatic N) is 1. The molecule has 1 amide bonds. The monoisotopic (exact) mass is 385 g/mol.